The van der Waals surface area contributed by atoms with Gasteiger partial charge in [0.15, 0.2) is 0 Å². The van der Waals surface area contributed by atoms with Gasteiger partial charge < -0.3 is 10.0 Å². The minimum absolute atomic E-state index is 0.143. The molecule has 1 unspecified atom stereocenters. The third kappa shape index (κ3) is 2.06. The fraction of sp³-hybridized carbons (Fsp3) is 0.818. The Labute approximate surface area is 102 Å². The molecule has 0 radical (unpaired) electrons. The number of nitrogens with zero attached hydrogens (tertiary/aromatic N) is 1. The molecule has 2 fully saturated rings. The zero-order valence-corrected chi connectivity index (χ0v) is 9.66. The Morgan fingerprint density at radius 1 is 1.22 bits per heavy atom. The largest absolute Gasteiger partial charge is 0.481 e. The van der Waals surface area contributed by atoms with E-state index < -0.39 is 29.5 Å². The first-order valence-corrected chi connectivity index (χ1v) is 5.88. The van der Waals surface area contributed by atoms with Crippen molar-refractivity contribution in [2.75, 3.05) is 6.54 Å². The summed E-state index contributed by atoms with van der Waals surface area (Å²) in [6.07, 6.45) is -2.35. The van der Waals surface area contributed by atoms with Gasteiger partial charge in [-0.1, -0.05) is 12.8 Å². The molecule has 1 saturated heterocycles. The summed E-state index contributed by atoms with van der Waals surface area (Å²) in [6, 6.07) is 0. The van der Waals surface area contributed by atoms with Crippen LogP contribution in [0.3, 0.4) is 0 Å². The Hall–Kier alpha value is -1.27. The topological polar surface area (TPSA) is 57.6 Å². The summed E-state index contributed by atoms with van der Waals surface area (Å²) in [4.78, 5) is 23.1. The van der Waals surface area contributed by atoms with E-state index in [1.54, 1.807) is 0 Å². The van der Waals surface area contributed by atoms with Gasteiger partial charge in [-0.2, -0.15) is 13.2 Å². The molecule has 1 atom stereocenters. The normalized spacial score (nSPS) is 26.8. The van der Waals surface area contributed by atoms with E-state index in [1.165, 1.54) is 0 Å². The number of hydrogen-bond acceptors (Lipinski definition) is 2. The highest BCUT2D eigenvalue weighted by molar-refractivity contribution is 5.84. The number of carboxylic acid groups (broad SMARTS) is 1. The maximum absolute atomic E-state index is 12.5. The molecule has 1 aliphatic heterocycles. The van der Waals surface area contributed by atoms with Crippen LogP contribution in [0.2, 0.25) is 0 Å². The molecule has 0 aromatic carbocycles. The fourth-order valence-electron chi connectivity index (χ4n) is 3.17. The highest BCUT2D eigenvalue weighted by atomic mass is 19.4. The summed E-state index contributed by atoms with van der Waals surface area (Å²) in [5.41, 5.74) is -0.879. The van der Waals surface area contributed by atoms with Crippen LogP contribution in [-0.2, 0) is 9.59 Å². The molecule has 1 amide bonds. The van der Waals surface area contributed by atoms with Gasteiger partial charge in [0.25, 0.3) is 0 Å². The third-order valence-electron chi connectivity index (χ3n) is 3.97. The van der Waals surface area contributed by atoms with E-state index in [-0.39, 0.29) is 13.0 Å². The molecule has 0 bridgehead atoms. The van der Waals surface area contributed by atoms with Gasteiger partial charge >= 0.3 is 18.1 Å². The summed E-state index contributed by atoms with van der Waals surface area (Å²) in [5.74, 6) is -3.90. The molecule has 1 aliphatic carbocycles. The molecule has 0 aromatic heterocycles. The van der Waals surface area contributed by atoms with Crippen LogP contribution in [0.5, 0.6) is 0 Å². The van der Waals surface area contributed by atoms with Crippen molar-refractivity contribution < 1.29 is 27.9 Å². The van der Waals surface area contributed by atoms with Crippen LogP contribution in [0, 0.1) is 5.92 Å². The van der Waals surface area contributed by atoms with E-state index in [9.17, 15) is 22.8 Å². The second kappa shape index (κ2) is 4.13. The fourth-order valence-corrected chi connectivity index (χ4v) is 3.17. The van der Waals surface area contributed by atoms with E-state index in [1.807, 2.05) is 0 Å². The van der Waals surface area contributed by atoms with Gasteiger partial charge in [0, 0.05) is 12.1 Å². The number of carbonyl (C=O) groups is 2. The summed E-state index contributed by atoms with van der Waals surface area (Å²) < 4.78 is 37.6. The SMILES string of the molecule is O=C(O)C1CN(C(=O)C(F)(F)F)C2(CCCC2)C1. The van der Waals surface area contributed by atoms with E-state index in [0.29, 0.717) is 12.8 Å². The smallest absolute Gasteiger partial charge is 0.471 e. The van der Waals surface area contributed by atoms with Gasteiger partial charge in [0.05, 0.1) is 5.92 Å². The minimum Gasteiger partial charge on any atom is -0.481 e. The Morgan fingerprint density at radius 3 is 2.22 bits per heavy atom. The molecule has 1 heterocycles. The molecule has 1 spiro atoms. The lowest BCUT2D eigenvalue weighted by molar-refractivity contribution is -0.189. The van der Waals surface area contributed by atoms with Crippen molar-refractivity contribution in [3.63, 3.8) is 0 Å². The van der Waals surface area contributed by atoms with Gasteiger partial charge in [-0.05, 0) is 19.3 Å². The number of amides is 1. The van der Waals surface area contributed by atoms with E-state index in [4.69, 9.17) is 5.11 Å². The Bertz CT molecular complexity index is 374. The number of carboxylic acids is 1. The lowest BCUT2D eigenvalue weighted by Crippen LogP contribution is -2.50. The molecule has 7 heteroatoms. The van der Waals surface area contributed by atoms with Gasteiger partial charge in [0.2, 0.25) is 0 Å². The Kier molecular flexibility index (Phi) is 3.03. The average Bonchev–Trinajstić information content (AvgIpc) is 2.85. The number of likely N-dealkylation sites (tertiary alicyclic amines) is 1. The second-order valence-electron chi connectivity index (χ2n) is 5.08. The standard InChI is InChI=1S/C11H14F3NO3/c12-11(13,14)9(18)15-6-7(8(16)17)5-10(15)3-1-2-4-10/h7H,1-6H2,(H,16,17). The molecule has 1 N–H and O–H groups in total. The van der Waals surface area contributed by atoms with Crippen LogP contribution in [-0.4, -0.2) is 40.1 Å². The first-order valence-electron chi connectivity index (χ1n) is 5.88. The van der Waals surface area contributed by atoms with E-state index in [2.05, 4.69) is 0 Å². The predicted octanol–water partition coefficient (Wildman–Crippen LogP) is 1.79. The first-order chi connectivity index (χ1) is 8.26. The minimum atomic E-state index is -4.93. The van der Waals surface area contributed by atoms with Crippen molar-refractivity contribution in [2.24, 2.45) is 5.92 Å². The summed E-state index contributed by atoms with van der Waals surface area (Å²) >= 11 is 0. The molecule has 18 heavy (non-hydrogen) atoms. The molecule has 2 rings (SSSR count). The number of aliphatic carboxylic acids is 1. The van der Waals surface area contributed by atoms with Crippen molar-refractivity contribution in [3.8, 4) is 0 Å². The molecule has 102 valence electrons. The first kappa shape index (κ1) is 13.2. The zero-order valence-electron chi connectivity index (χ0n) is 9.66. The quantitative estimate of drug-likeness (QED) is 0.786. The average molecular weight is 265 g/mol. The van der Waals surface area contributed by atoms with Crippen molar-refractivity contribution in [3.05, 3.63) is 0 Å². The van der Waals surface area contributed by atoms with Crippen LogP contribution in [0.15, 0.2) is 0 Å². The number of halogens is 3. The third-order valence-corrected chi connectivity index (χ3v) is 3.97. The van der Waals surface area contributed by atoms with Gasteiger partial charge in [-0.15, -0.1) is 0 Å². The predicted molar refractivity (Wildman–Crippen MR) is 54.7 cm³/mol. The van der Waals surface area contributed by atoms with Crippen molar-refractivity contribution >= 4 is 11.9 Å². The van der Waals surface area contributed by atoms with Gasteiger partial charge in [-0.3, -0.25) is 9.59 Å². The maximum Gasteiger partial charge on any atom is 0.471 e. The van der Waals surface area contributed by atoms with Gasteiger partial charge in [0.1, 0.15) is 0 Å². The maximum atomic E-state index is 12.5. The van der Waals surface area contributed by atoms with Crippen LogP contribution in [0.4, 0.5) is 13.2 Å². The van der Waals surface area contributed by atoms with Crippen molar-refractivity contribution in [1.29, 1.82) is 0 Å². The number of alkyl halides is 3. The van der Waals surface area contributed by atoms with Crippen LogP contribution in [0.1, 0.15) is 32.1 Å². The number of rotatable bonds is 1. The lowest BCUT2D eigenvalue weighted by Gasteiger charge is -2.35. The number of hydrogen-bond donors (Lipinski definition) is 1. The highest BCUT2D eigenvalue weighted by Gasteiger charge is 2.56. The van der Waals surface area contributed by atoms with Crippen LogP contribution < -0.4 is 0 Å². The van der Waals surface area contributed by atoms with Crippen molar-refractivity contribution in [1.82, 2.24) is 4.90 Å². The van der Waals surface area contributed by atoms with Crippen LogP contribution in [0.25, 0.3) is 0 Å². The highest BCUT2D eigenvalue weighted by Crippen LogP contribution is 2.46. The zero-order chi connectivity index (χ0) is 13.6. The van der Waals surface area contributed by atoms with Crippen molar-refractivity contribution in [2.45, 2.75) is 43.8 Å². The molecule has 0 aromatic rings. The van der Waals surface area contributed by atoms with E-state index in [0.717, 1.165) is 17.7 Å². The molecular formula is C11H14F3NO3. The lowest BCUT2D eigenvalue weighted by atomic mass is 9.90. The molecule has 1 saturated carbocycles. The van der Waals surface area contributed by atoms with Gasteiger partial charge in [-0.25, -0.2) is 0 Å². The molecular weight excluding hydrogens is 251 g/mol. The molecule has 2 aliphatic rings. The monoisotopic (exact) mass is 265 g/mol. The Morgan fingerprint density at radius 2 is 1.78 bits per heavy atom. The van der Waals surface area contributed by atoms with Crippen LogP contribution >= 0.6 is 0 Å². The van der Waals surface area contributed by atoms with E-state index >= 15 is 0 Å². The summed E-state index contributed by atoms with van der Waals surface area (Å²) in [5, 5.41) is 8.94. The summed E-state index contributed by atoms with van der Waals surface area (Å²) in [6.45, 7) is -0.326. The Balaban J connectivity index is 2.26. The molecule has 4 nitrogen and oxygen atoms in total. The number of carbonyl (C=O) groups excluding carboxylic acids is 1. The second-order valence-corrected chi connectivity index (χ2v) is 5.08. The summed E-state index contributed by atoms with van der Waals surface area (Å²) in [7, 11) is 0.